The maximum atomic E-state index is 10.5. The van der Waals surface area contributed by atoms with Crippen LogP contribution in [-0.2, 0) is 4.79 Å². The summed E-state index contributed by atoms with van der Waals surface area (Å²) in [5.41, 5.74) is -2.99. The van der Waals surface area contributed by atoms with Gasteiger partial charge in [-0.05, 0) is 0 Å². The lowest BCUT2D eigenvalue weighted by Crippen LogP contribution is -2.60. The van der Waals surface area contributed by atoms with Crippen molar-refractivity contribution < 1.29 is 40.5 Å². The molecule has 4 atom stereocenters. The molecule has 7 N–H and O–H groups in total. The van der Waals surface area contributed by atoms with Gasteiger partial charge in [0.15, 0.2) is 0 Å². The van der Waals surface area contributed by atoms with Crippen molar-refractivity contribution in [2.24, 2.45) is 0 Å². The average molecular weight is 226 g/mol. The molecule has 15 heavy (non-hydrogen) atoms. The zero-order chi connectivity index (χ0) is 12.2. The smallest absolute Gasteiger partial charge is 0.341 e. The van der Waals surface area contributed by atoms with Crippen molar-refractivity contribution in [2.75, 3.05) is 13.2 Å². The molecule has 0 bridgehead atoms. The molecular formula is C7H14O8. The van der Waals surface area contributed by atoms with Gasteiger partial charge >= 0.3 is 5.97 Å². The van der Waals surface area contributed by atoms with Crippen molar-refractivity contribution in [3.8, 4) is 0 Å². The molecule has 0 amide bonds. The van der Waals surface area contributed by atoms with Gasteiger partial charge in [0.2, 0.25) is 5.60 Å². The lowest BCUT2D eigenvalue weighted by Gasteiger charge is -2.31. The summed E-state index contributed by atoms with van der Waals surface area (Å²) >= 11 is 0. The Hall–Kier alpha value is -0.770. The number of rotatable bonds is 6. The van der Waals surface area contributed by atoms with Gasteiger partial charge < -0.3 is 35.7 Å². The van der Waals surface area contributed by atoms with Crippen LogP contribution >= 0.6 is 0 Å². The van der Waals surface area contributed by atoms with Gasteiger partial charge in [-0.3, -0.25) is 0 Å². The van der Waals surface area contributed by atoms with Crippen LogP contribution in [0.3, 0.4) is 0 Å². The normalized spacial score (nSPS) is 21.5. The summed E-state index contributed by atoms with van der Waals surface area (Å²) in [5.74, 6) is -1.96. The first-order valence-electron chi connectivity index (χ1n) is 4.03. The molecule has 0 saturated heterocycles. The quantitative estimate of drug-likeness (QED) is 0.240. The monoisotopic (exact) mass is 226 g/mol. The van der Waals surface area contributed by atoms with Crippen LogP contribution in [-0.4, -0.2) is 78.8 Å². The van der Waals surface area contributed by atoms with E-state index in [1.54, 1.807) is 0 Å². The highest BCUT2D eigenvalue weighted by Crippen LogP contribution is 2.16. The fraction of sp³-hybridized carbons (Fsp3) is 0.857. The minimum atomic E-state index is -2.99. The van der Waals surface area contributed by atoms with E-state index in [4.69, 9.17) is 25.5 Å². The molecule has 0 spiro atoms. The number of hydrogen-bond acceptors (Lipinski definition) is 7. The van der Waals surface area contributed by atoms with Gasteiger partial charge in [-0.1, -0.05) is 0 Å². The van der Waals surface area contributed by atoms with E-state index in [2.05, 4.69) is 0 Å². The molecule has 0 rings (SSSR count). The van der Waals surface area contributed by atoms with Gasteiger partial charge in [0, 0.05) is 0 Å². The number of carboxylic acids is 1. The molecule has 90 valence electrons. The summed E-state index contributed by atoms with van der Waals surface area (Å²) < 4.78 is 0. The summed E-state index contributed by atoms with van der Waals surface area (Å²) in [6.07, 6.45) is -6.25. The van der Waals surface area contributed by atoms with Crippen LogP contribution in [0.15, 0.2) is 0 Å². The molecule has 8 heteroatoms. The zero-order valence-corrected chi connectivity index (χ0v) is 7.69. The van der Waals surface area contributed by atoms with Gasteiger partial charge in [0.1, 0.15) is 18.3 Å². The van der Waals surface area contributed by atoms with Crippen LogP contribution < -0.4 is 0 Å². The molecule has 0 saturated carbocycles. The van der Waals surface area contributed by atoms with E-state index in [1.807, 2.05) is 0 Å². The van der Waals surface area contributed by atoms with Crippen LogP contribution in [0.25, 0.3) is 0 Å². The predicted molar refractivity (Wildman–Crippen MR) is 44.8 cm³/mol. The lowest BCUT2D eigenvalue weighted by atomic mass is 9.91. The number of aliphatic hydroxyl groups is 6. The Labute approximate surface area is 84.7 Å². The fourth-order valence-corrected chi connectivity index (χ4v) is 0.889. The van der Waals surface area contributed by atoms with E-state index in [9.17, 15) is 15.0 Å². The van der Waals surface area contributed by atoms with E-state index < -0.39 is 43.1 Å². The van der Waals surface area contributed by atoms with E-state index in [-0.39, 0.29) is 0 Å². The Morgan fingerprint density at radius 3 is 1.93 bits per heavy atom. The van der Waals surface area contributed by atoms with Crippen molar-refractivity contribution in [3.05, 3.63) is 0 Å². The first-order chi connectivity index (χ1) is 6.81. The maximum absolute atomic E-state index is 10.5. The van der Waals surface area contributed by atoms with Crippen molar-refractivity contribution in [1.82, 2.24) is 0 Å². The van der Waals surface area contributed by atoms with E-state index in [0.29, 0.717) is 0 Å². The average Bonchev–Trinajstić information content (AvgIpc) is 2.24. The van der Waals surface area contributed by atoms with E-state index in [0.717, 1.165) is 0 Å². The lowest BCUT2D eigenvalue weighted by molar-refractivity contribution is -0.198. The summed E-state index contributed by atoms with van der Waals surface area (Å²) in [6, 6.07) is 0. The molecule has 0 aromatic heterocycles. The molecule has 0 heterocycles. The second-order valence-electron chi connectivity index (χ2n) is 3.07. The second kappa shape index (κ2) is 5.35. The van der Waals surface area contributed by atoms with Crippen molar-refractivity contribution in [1.29, 1.82) is 0 Å². The van der Waals surface area contributed by atoms with Gasteiger partial charge in [-0.25, -0.2) is 4.79 Å². The Morgan fingerprint density at radius 1 is 1.20 bits per heavy atom. The van der Waals surface area contributed by atoms with Gasteiger partial charge in [0.25, 0.3) is 0 Å². The summed E-state index contributed by atoms with van der Waals surface area (Å²) in [5, 5.41) is 61.9. The first kappa shape index (κ1) is 14.2. The van der Waals surface area contributed by atoms with Crippen molar-refractivity contribution in [3.63, 3.8) is 0 Å². The van der Waals surface area contributed by atoms with Crippen LogP contribution in [0.5, 0.6) is 0 Å². The fourth-order valence-electron chi connectivity index (χ4n) is 0.889. The van der Waals surface area contributed by atoms with Crippen LogP contribution in [0.4, 0.5) is 0 Å². The molecule has 0 radical (unpaired) electrons. The molecule has 0 aromatic carbocycles. The highest BCUT2D eigenvalue weighted by Gasteiger charge is 2.48. The minimum absolute atomic E-state index is 0.931. The van der Waals surface area contributed by atoms with Crippen molar-refractivity contribution >= 4 is 5.97 Å². The predicted octanol–water partition coefficient (Wildman–Crippen LogP) is -4.13. The highest BCUT2D eigenvalue weighted by molar-refractivity contribution is 5.78. The number of carboxylic acid groups (broad SMARTS) is 1. The number of carbonyl (C=O) groups is 1. The van der Waals surface area contributed by atoms with Crippen molar-refractivity contribution in [2.45, 2.75) is 23.9 Å². The molecule has 0 aliphatic carbocycles. The second-order valence-corrected chi connectivity index (χ2v) is 3.07. The molecule has 0 fully saturated rings. The minimum Gasteiger partial charge on any atom is -0.479 e. The van der Waals surface area contributed by atoms with Gasteiger partial charge in [-0.15, -0.1) is 0 Å². The number of aliphatic carboxylic acids is 1. The van der Waals surface area contributed by atoms with E-state index >= 15 is 0 Å². The molecule has 0 aromatic rings. The number of aliphatic hydroxyl groups excluding tert-OH is 5. The maximum Gasteiger partial charge on any atom is 0.341 e. The Kier molecular flexibility index (Phi) is 5.08. The summed E-state index contributed by atoms with van der Waals surface area (Å²) in [6.45, 7) is -2.28. The third-order valence-electron chi connectivity index (χ3n) is 2.01. The SMILES string of the molecule is O=C(O)[C@](O)(CO)[C@@H](O)[C@H](O)[C@H](O)CO. The molecule has 8 nitrogen and oxygen atoms in total. The van der Waals surface area contributed by atoms with Gasteiger partial charge in [0.05, 0.1) is 13.2 Å². The summed E-state index contributed by atoms with van der Waals surface area (Å²) in [4.78, 5) is 10.5. The highest BCUT2D eigenvalue weighted by atomic mass is 16.4. The third-order valence-corrected chi connectivity index (χ3v) is 2.01. The molecule has 0 unspecified atom stereocenters. The van der Waals surface area contributed by atoms with Crippen LogP contribution in [0, 0.1) is 0 Å². The number of hydrogen-bond donors (Lipinski definition) is 7. The molecule has 0 aliphatic heterocycles. The molecular weight excluding hydrogens is 212 g/mol. The first-order valence-corrected chi connectivity index (χ1v) is 4.03. The molecule has 0 aliphatic rings. The zero-order valence-electron chi connectivity index (χ0n) is 7.69. The van der Waals surface area contributed by atoms with Crippen LogP contribution in [0.2, 0.25) is 0 Å². The third kappa shape index (κ3) is 2.84. The summed E-state index contributed by atoms with van der Waals surface area (Å²) in [7, 11) is 0. The topological polar surface area (TPSA) is 159 Å². The Bertz CT molecular complexity index is 219. The van der Waals surface area contributed by atoms with Crippen LogP contribution in [0.1, 0.15) is 0 Å². The Balaban J connectivity index is 4.79. The van der Waals surface area contributed by atoms with E-state index in [1.165, 1.54) is 0 Å². The van der Waals surface area contributed by atoms with Gasteiger partial charge in [-0.2, -0.15) is 0 Å². The Morgan fingerprint density at radius 2 is 1.67 bits per heavy atom. The largest absolute Gasteiger partial charge is 0.479 e. The standard InChI is InChI=1S/C7H14O8/c8-1-3(10)4(11)5(12)7(15,2-9)6(13)14/h3-5,8-12,15H,1-2H2,(H,13,14)/t3-,4-,5+,7+/m1/s1.